The first kappa shape index (κ1) is 11.4. The first-order chi connectivity index (χ1) is 5.06. The van der Waals surface area contributed by atoms with E-state index in [-0.39, 0.29) is 0 Å². The molecule has 0 radical (unpaired) electrons. The molecule has 0 fully saturated rings. The van der Waals surface area contributed by atoms with Crippen molar-refractivity contribution in [3.63, 3.8) is 0 Å². The highest BCUT2D eigenvalue weighted by Crippen LogP contribution is 2.27. The first-order valence-electron chi connectivity index (χ1n) is 4.03. The summed E-state index contributed by atoms with van der Waals surface area (Å²) in [5.41, 5.74) is 0.295. The van der Waals surface area contributed by atoms with E-state index in [1.54, 1.807) is 0 Å². The molecule has 0 atom stereocenters. The maximum Gasteiger partial charge on any atom is 0.445 e. The summed E-state index contributed by atoms with van der Waals surface area (Å²) in [6.45, 7) is 9.20. The molecule has 0 rings (SSSR count). The van der Waals surface area contributed by atoms with Crippen molar-refractivity contribution in [2.45, 2.75) is 33.2 Å². The van der Waals surface area contributed by atoms with Crippen LogP contribution in [0.25, 0.3) is 0 Å². The van der Waals surface area contributed by atoms with Gasteiger partial charge in [-0.15, -0.1) is 0 Å². The van der Waals surface area contributed by atoms with Crippen molar-refractivity contribution in [1.82, 2.24) is 0 Å². The van der Waals surface area contributed by atoms with Gasteiger partial charge in [0.2, 0.25) is 0 Å². The Labute approximate surface area is 74.8 Å². The normalized spacial score (nSPS) is 12.5. The molecule has 0 spiro atoms. The highest BCUT2D eigenvalue weighted by Gasteiger charge is 2.39. The summed E-state index contributed by atoms with van der Waals surface area (Å²) in [5.74, 6) is 0. The molecule has 0 aliphatic carbocycles. The Morgan fingerprint density at radius 1 is 1.18 bits per heavy atom. The lowest BCUT2D eigenvalue weighted by Gasteiger charge is -2.26. The van der Waals surface area contributed by atoms with Crippen molar-refractivity contribution in [1.29, 1.82) is 0 Å². The predicted molar refractivity (Wildman–Crippen MR) is 50.0 cm³/mol. The second-order valence-corrected chi connectivity index (χ2v) is 7.08. The molecule has 2 nitrogen and oxygen atoms in total. The van der Waals surface area contributed by atoms with Gasteiger partial charge in [0.1, 0.15) is 0 Å². The largest absolute Gasteiger partial charge is 0.445 e. The number of halogens is 1. The second kappa shape index (κ2) is 5.14. The molecule has 0 unspecified atom stereocenters. The Morgan fingerprint density at radius 3 is 1.73 bits per heavy atom. The van der Waals surface area contributed by atoms with Crippen LogP contribution in [-0.2, 0) is 8.85 Å². The van der Waals surface area contributed by atoms with E-state index in [1.165, 1.54) is 0 Å². The quantitative estimate of drug-likeness (QED) is 0.497. The molecule has 11 heavy (non-hydrogen) atoms. The summed E-state index contributed by atoms with van der Waals surface area (Å²) in [6.07, 6.45) is 0. The van der Waals surface area contributed by atoms with Gasteiger partial charge >= 0.3 is 7.87 Å². The van der Waals surface area contributed by atoms with Crippen LogP contribution in [0, 0.1) is 0 Å². The van der Waals surface area contributed by atoms with Crippen molar-refractivity contribution in [2.24, 2.45) is 0 Å². The molecule has 0 aromatic rings. The Morgan fingerprint density at radius 2 is 1.55 bits per heavy atom. The van der Waals surface area contributed by atoms with E-state index in [4.69, 9.17) is 19.9 Å². The average Bonchev–Trinajstić information content (AvgIpc) is 1.88. The fraction of sp³-hybridized carbons (Fsp3) is 1.00. The fourth-order valence-electron chi connectivity index (χ4n) is 0.769. The van der Waals surface area contributed by atoms with Gasteiger partial charge in [-0.05, 0) is 13.8 Å². The van der Waals surface area contributed by atoms with Crippen LogP contribution in [-0.4, -0.2) is 21.1 Å². The van der Waals surface area contributed by atoms with Crippen LogP contribution in [0.5, 0.6) is 0 Å². The number of rotatable bonds is 5. The molecule has 0 aromatic carbocycles. The topological polar surface area (TPSA) is 18.5 Å². The van der Waals surface area contributed by atoms with E-state index in [1.807, 2.05) is 27.7 Å². The standard InChI is InChI=1S/C7H17ClO2Si/c1-5-9-11(8,7(3)4)10-6-2/h7H,5-6H2,1-4H3. The number of hydrogen-bond acceptors (Lipinski definition) is 2. The zero-order valence-corrected chi connectivity index (χ0v) is 9.44. The van der Waals surface area contributed by atoms with Crippen LogP contribution in [0.1, 0.15) is 27.7 Å². The van der Waals surface area contributed by atoms with Crippen molar-refractivity contribution in [2.75, 3.05) is 13.2 Å². The van der Waals surface area contributed by atoms with Gasteiger partial charge in [0.15, 0.2) is 0 Å². The van der Waals surface area contributed by atoms with Gasteiger partial charge in [0.05, 0.1) is 0 Å². The van der Waals surface area contributed by atoms with Crippen LogP contribution in [0.2, 0.25) is 5.54 Å². The molecule has 0 aliphatic rings. The Hall–Kier alpha value is 0.427. The van der Waals surface area contributed by atoms with Gasteiger partial charge in [-0.1, -0.05) is 24.9 Å². The van der Waals surface area contributed by atoms with Crippen LogP contribution >= 0.6 is 11.1 Å². The molecule has 0 saturated heterocycles. The third-order valence-electron chi connectivity index (χ3n) is 1.37. The monoisotopic (exact) mass is 196 g/mol. The van der Waals surface area contributed by atoms with Crippen molar-refractivity contribution < 1.29 is 8.85 Å². The zero-order valence-electron chi connectivity index (χ0n) is 7.69. The molecule has 4 heteroatoms. The van der Waals surface area contributed by atoms with E-state index in [0.29, 0.717) is 18.8 Å². The van der Waals surface area contributed by atoms with Crippen molar-refractivity contribution >= 4 is 18.9 Å². The van der Waals surface area contributed by atoms with E-state index in [0.717, 1.165) is 0 Å². The van der Waals surface area contributed by atoms with E-state index in [9.17, 15) is 0 Å². The summed E-state index contributed by atoms with van der Waals surface area (Å²) >= 11 is 6.17. The highest BCUT2D eigenvalue weighted by molar-refractivity contribution is 7.13. The molecule has 0 heterocycles. The van der Waals surface area contributed by atoms with Gasteiger partial charge in [0.25, 0.3) is 0 Å². The average molecular weight is 197 g/mol. The van der Waals surface area contributed by atoms with Gasteiger partial charge in [-0.3, -0.25) is 0 Å². The van der Waals surface area contributed by atoms with Gasteiger partial charge < -0.3 is 8.85 Å². The molecule has 68 valence electrons. The highest BCUT2D eigenvalue weighted by atomic mass is 35.6. The summed E-state index contributed by atoms with van der Waals surface area (Å²) in [7, 11) is -2.35. The third-order valence-corrected chi connectivity index (χ3v) is 6.08. The maximum atomic E-state index is 6.17. The molecule has 0 bridgehead atoms. The molecular formula is C7H17ClO2Si. The van der Waals surface area contributed by atoms with Crippen molar-refractivity contribution in [3.8, 4) is 0 Å². The minimum Gasteiger partial charge on any atom is -0.383 e. The van der Waals surface area contributed by atoms with Crippen LogP contribution in [0.3, 0.4) is 0 Å². The molecule has 0 aliphatic heterocycles. The molecule has 0 N–H and O–H groups in total. The van der Waals surface area contributed by atoms with Gasteiger partial charge in [-0.2, -0.15) is 0 Å². The van der Waals surface area contributed by atoms with Crippen LogP contribution < -0.4 is 0 Å². The number of hydrogen-bond donors (Lipinski definition) is 0. The summed E-state index contributed by atoms with van der Waals surface area (Å²) in [4.78, 5) is 0. The minimum absolute atomic E-state index is 0.295. The molecule has 0 amide bonds. The Bertz CT molecular complexity index is 103. The van der Waals surface area contributed by atoms with Crippen LogP contribution in [0.4, 0.5) is 0 Å². The van der Waals surface area contributed by atoms with Gasteiger partial charge in [0, 0.05) is 18.8 Å². The van der Waals surface area contributed by atoms with Gasteiger partial charge in [-0.25, -0.2) is 0 Å². The Kier molecular flexibility index (Phi) is 5.34. The lowest BCUT2D eigenvalue weighted by molar-refractivity contribution is 0.196. The molecule has 0 aromatic heterocycles. The van der Waals surface area contributed by atoms with E-state index < -0.39 is 7.87 Å². The summed E-state index contributed by atoms with van der Waals surface area (Å²) < 4.78 is 10.8. The minimum atomic E-state index is -2.35. The molecule has 0 saturated carbocycles. The van der Waals surface area contributed by atoms with Crippen LogP contribution in [0.15, 0.2) is 0 Å². The van der Waals surface area contributed by atoms with Crippen molar-refractivity contribution in [3.05, 3.63) is 0 Å². The zero-order chi connectivity index (χ0) is 8.91. The predicted octanol–water partition coefficient (Wildman–Crippen LogP) is 2.65. The van der Waals surface area contributed by atoms with E-state index in [2.05, 4.69) is 0 Å². The fourth-order valence-corrected chi connectivity index (χ4v) is 2.96. The Balaban J connectivity index is 4.01. The first-order valence-corrected chi connectivity index (χ1v) is 6.94. The maximum absolute atomic E-state index is 6.17. The molecular weight excluding hydrogens is 180 g/mol. The lowest BCUT2D eigenvalue weighted by atomic mass is 10.6. The summed E-state index contributed by atoms with van der Waals surface area (Å²) in [5, 5.41) is 0. The smallest absolute Gasteiger partial charge is 0.383 e. The third kappa shape index (κ3) is 3.56. The summed E-state index contributed by atoms with van der Waals surface area (Å²) in [6, 6.07) is 0. The lowest BCUT2D eigenvalue weighted by Crippen LogP contribution is -2.39. The SMILES string of the molecule is CCO[Si](Cl)(OCC)C(C)C. The van der Waals surface area contributed by atoms with E-state index >= 15 is 0 Å². The second-order valence-electron chi connectivity index (χ2n) is 2.60.